The summed E-state index contributed by atoms with van der Waals surface area (Å²) in [4.78, 5) is 0. The maximum atomic E-state index is 13.4. The summed E-state index contributed by atoms with van der Waals surface area (Å²) >= 11 is 5.72. The molecule has 1 N–H and O–H groups in total. The van der Waals surface area contributed by atoms with Gasteiger partial charge in [-0.1, -0.05) is 11.6 Å². The van der Waals surface area contributed by atoms with Crippen LogP contribution in [0.15, 0.2) is 12.1 Å². The molecule has 15 heavy (non-hydrogen) atoms. The molecular weight excluding hydrogens is 243 g/mol. The number of nitrogens with one attached hydrogen (secondary N) is 1. The van der Waals surface area contributed by atoms with Gasteiger partial charge in [-0.3, -0.25) is 0 Å². The topological polar surface area (TPSA) is 12.0 Å². The monoisotopic (exact) mass is 253 g/mol. The Balaban J connectivity index is 0.00000112. The van der Waals surface area contributed by atoms with E-state index < -0.39 is 11.6 Å². The van der Waals surface area contributed by atoms with E-state index >= 15 is 0 Å². The van der Waals surface area contributed by atoms with Crippen molar-refractivity contribution >= 4 is 24.0 Å². The second-order valence-corrected chi connectivity index (χ2v) is 3.78. The van der Waals surface area contributed by atoms with Crippen molar-refractivity contribution in [2.45, 2.75) is 18.9 Å². The van der Waals surface area contributed by atoms with Crippen molar-refractivity contribution in [3.8, 4) is 0 Å². The van der Waals surface area contributed by atoms with Gasteiger partial charge in [0, 0.05) is 11.6 Å². The standard InChI is InChI=1S/C10H10ClF2N.ClH/c11-10-7(13)4-3-6(12)9(10)8-2-1-5-14-8;/h3-4,8,14H,1-2,5H2;1H/t8-;/m0./s1. The van der Waals surface area contributed by atoms with Gasteiger partial charge in [-0.2, -0.15) is 0 Å². The zero-order valence-corrected chi connectivity index (χ0v) is 9.47. The molecule has 2 rings (SSSR count). The minimum absolute atomic E-state index is 0. The Morgan fingerprint density at radius 3 is 2.53 bits per heavy atom. The maximum absolute atomic E-state index is 13.4. The molecule has 0 bridgehead atoms. The van der Waals surface area contributed by atoms with E-state index in [1.165, 1.54) is 0 Å². The molecule has 1 saturated heterocycles. The summed E-state index contributed by atoms with van der Waals surface area (Å²) in [6.07, 6.45) is 1.77. The van der Waals surface area contributed by atoms with E-state index in [2.05, 4.69) is 5.32 Å². The highest BCUT2D eigenvalue weighted by molar-refractivity contribution is 6.31. The molecule has 0 amide bonds. The molecule has 1 aromatic rings. The molecule has 1 aromatic carbocycles. The quantitative estimate of drug-likeness (QED) is 0.756. The molecule has 1 fully saturated rings. The Morgan fingerprint density at radius 2 is 1.93 bits per heavy atom. The highest BCUT2D eigenvalue weighted by Gasteiger charge is 2.23. The lowest BCUT2D eigenvalue weighted by atomic mass is 10.0. The summed E-state index contributed by atoms with van der Waals surface area (Å²) in [6.45, 7) is 0.830. The van der Waals surface area contributed by atoms with Crippen molar-refractivity contribution < 1.29 is 8.78 Å². The van der Waals surface area contributed by atoms with Gasteiger partial charge in [0.05, 0.1) is 5.02 Å². The predicted octanol–water partition coefficient (Wildman–Crippen LogP) is 3.46. The van der Waals surface area contributed by atoms with Crippen molar-refractivity contribution in [3.63, 3.8) is 0 Å². The van der Waals surface area contributed by atoms with Crippen LogP contribution in [0.1, 0.15) is 24.4 Å². The summed E-state index contributed by atoms with van der Waals surface area (Å²) in [7, 11) is 0. The van der Waals surface area contributed by atoms with Gasteiger partial charge < -0.3 is 5.32 Å². The van der Waals surface area contributed by atoms with Crippen molar-refractivity contribution in [1.82, 2.24) is 5.32 Å². The summed E-state index contributed by atoms with van der Waals surface area (Å²) in [5.41, 5.74) is 0.268. The third-order valence-corrected chi connectivity index (χ3v) is 2.87. The maximum Gasteiger partial charge on any atom is 0.142 e. The lowest BCUT2D eigenvalue weighted by Gasteiger charge is -2.13. The summed E-state index contributed by atoms with van der Waals surface area (Å²) in [6, 6.07) is 2.03. The third kappa shape index (κ3) is 2.41. The van der Waals surface area contributed by atoms with Gasteiger partial charge in [0.15, 0.2) is 0 Å². The fourth-order valence-corrected chi connectivity index (χ4v) is 2.08. The van der Waals surface area contributed by atoms with Crippen molar-refractivity contribution in [2.24, 2.45) is 0 Å². The van der Waals surface area contributed by atoms with Gasteiger partial charge in [-0.05, 0) is 31.5 Å². The molecule has 1 heterocycles. The Kier molecular flexibility index (Phi) is 4.32. The smallest absolute Gasteiger partial charge is 0.142 e. The van der Waals surface area contributed by atoms with Crippen molar-refractivity contribution in [1.29, 1.82) is 0 Å². The first-order chi connectivity index (χ1) is 6.70. The van der Waals surface area contributed by atoms with Crippen molar-refractivity contribution in [2.75, 3.05) is 6.54 Å². The number of halogens is 4. The molecule has 0 aliphatic carbocycles. The van der Waals surface area contributed by atoms with Gasteiger partial charge >= 0.3 is 0 Å². The van der Waals surface area contributed by atoms with Gasteiger partial charge in [0.1, 0.15) is 11.6 Å². The van der Waals surface area contributed by atoms with Gasteiger partial charge in [0.2, 0.25) is 0 Å². The fourth-order valence-electron chi connectivity index (χ4n) is 1.79. The molecule has 5 heteroatoms. The average molecular weight is 254 g/mol. The molecular formula is C10H11Cl2F2N. The number of hydrogen-bond acceptors (Lipinski definition) is 1. The largest absolute Gasteiger partial charge is 0.310 e. The molecule has 1 atom stereocenters. The van der Waals surface area contributed by atoms with Crippen LogP contribution in [0.3, 0.4) is 0 Å². The molecule has 1 aliphatic heterocycles. The first-order valence-corrected chi connectivity index (χ1v) is 4.94. The van der Waals surface area contributed by atoms with Crippen LogP contribution < -0.4 is 5.32 Å². The van der Waals surface area contributed by atoms with E-state index in [9.17, 15) is 8.78 Å². The van der Waals surface area contributed by atoms with Crippen LogP contribution in [-0.2, 0) is 0 Å². The van der Waals surface area contributed by atoms with Gasteiger partial charge in [-0.15, -0.1) is 12.4 Å². The van der Waals surface area contributed by atoms with Crippen molar-refractivity contribution in [3.05, 3.63) is 34.4 Å². The lowest BCUT2D eigenvalue weighted by molar-refractivity contribution is 0.544. The molecule has 0 aromatic heterocycles. The average Bonchev–Trinajstić information content (AvgIpc) is 2.65. The van der Waals surface area contributed by atoms with Crippen LogP contribution in [0.2, 0.25) is 5.02 Å². The minimum atomic E-state index is -0.559. The molecule has 0 spiro atoms. The van der Waals surface area contributed by atoms with E-state index in [-0.39, 0.29) is 29.0 Å². The molecule has 0 radical (unpaired) electrons. The zero-order chi connectivity index (χ0) is 10.1. The highest BCUT2D eigenvalue weighted by atomic mass is 35.5. The zero-order valence-electron chi connectivity index (χ0n) is 7.90. The molecule has 0 unspecified atom stereocenters. The second kappa shape index (κ2) is 5.10. The van der Waals surface area contributed by atoms with Crippen LogP contribution in [0.4, 0.5) is 8.78 Å². The molecule has 84 valence electrons. The van der Waals surface area contributed by atoms with Crippen LogP contribution in [0.25, 0.3) is 0 Å². The van der Waals surface area contributed by atoms with Gasteiger partial charge in [-0.25, -0.2) is 8.78 Å². The Bertz CT molecular complexity index is 352. The van der Waals surface area contributed by atoms with Crippen LogP contribution in [0, 0.1) is 11.6 Å². The number of hydrogen-bond donors (Lipinski definition) is 1. The van der Waals surface area contributed by atoms with E-state index in [0.717, 1.165) is 31.5 Å². The van der Waals surface area contributed by atoms with Gasteiger partial charge in [0.25, 0.3) is 0 Å². The third-order valence-electron chi connectivity index (χ3n) is 2.49. The van der Waals surface area contributed by atoms with Crippen LogP contribution >= 0.6 is 24.0 Å². The van der Waals surface area contributed by atoms with Crippen LogP contribution in [0.5, 0.6) is 0 Å². The van der Waals surface area contributed by atoms with E-state index in [4.69, 9.17) is 11.6 Å². The second-order valence-electron chi connectivity index (χ2n) is 3.41. The predicted molar refractivity (Wildman–Crippen MR) is 58.6 cm³/mol. The summed E-state index contributed by atoms with van der Waals surface area (Å²) in [5, 5.41) is 3.00. The van der Waals surface area contributed by atoms with E-state index in [1.54, 1.807) is 0 Å². The fraction of sp³-hybridized carbons (Fsp3) is 0.400. The minimum Gasteiger partial charge on any atom is -0.310 e. The van der Waals surface area contributed by atoms with E-state index in [0.29, 0.717) is 0 Å². The molecule has 1 aliphatic rings. The molecule has 1 nitrogen and oxygen atoms in total. The Hall–Kier alpha value is -0.380. The SMILES string of the molecule is Cl.Fc1ccc(F)c([C@@H]2CCCN2)c1Cl. The first-order valence-electron chi connectivity index (χ1n) is 4.57. The normalized spacial score (nSPS) is 20.1. The first kappa shape index (κ1) is 12.7. The number of rotatable bonds is 1. The summed E-state index contributed by atoms with van der Waals surface area (Å²) in [5.74, 6) is -0.993. The van der Waals surface area contributed by atoms with E-state index in [1.807, 2.05) is 0 Å². The molecule has 0 saturated carbocycles. The highest BCUT2D eigenvalue weighted by Crippen LogP contribution is 2.32. The Morgan fingerprint density at radius 1 is 1.27 bits per heavy atom. The lowest BCUT2D eigenvalue weighted by Crippen LogP contribution is -2.15. The van der Waals surface area contributed by atoms with Crippen LogP contribution in [-0.4, -0.2) is 6.54 Å². The number of benzene rings is 1. The summed E-state index contributed by atoms with van der Waals surface area (Å²) < 4.78 is 26.5. The Labute approximate surface area is 98.2 Å².